The first kappa shape index (κ1) is 7.53. The molecular formula is C8H3ClN2S. The lowest BCUT2D eigenvalue weighted by Gasteiger charge is -1.87. The predicted molar refractivity (Wildman–Crippen MR) is 49.3 cm³/mol. The molecule has 0 atom stereocenters. The zero-order chi connectivity index (χ0) is 8.55. The van der Waals surface area contributed by atoms with Gasteiger partial charge in [-0.25, -0.2) is 4.98 Å². The third kappa shape index (κ3) is 1.06. The molecule has 2 rings (SSSR count). The Hall–Kier alpha value is -1.11. The summed E-state index contributed by atoms with van der Waals surface area (Å²) in [6.07, 6.45) is 0. The Labute approximate surface area is 78.0 Å². The number of aromatic nitrogens is 1. The van der Waals surface area contributed by atoms with Crippen molar-refractivity contribution in [2.45, 2.75) is 0 Å². The molecule has 1 aromatic heterocycles. The van der Waals surface area contributed by atoms with Gasteiger partial charge >= 0.3 is 0 Å². The van der Waals surface area contributed by atoms with Crippen LogP contribution in [-0.2, 0) is 0 Å². The van der Waals surface area contributed by atoms with Crippen LogP contribution in [0.2, 0.25) is 5.02 Å². The molecule has 0 spiro atoms. The summed E-state index contributed by atoms with van der Waals surface area (Å²) >= 11 is 7.22. The first-order valence-corrected chi connectivity index (χ1v) is 4.46. The molecule has 1 heterocycles. The molecule has 58 valence electrons. The summed E-state index contributed by atoms with van der Waals surface area (Å²) in [4.78, 5) is 4.06. The Balaban J connectivity index is 2.85. The van der Waals surface area contributed by atoms with Crippen molar-refractivity contribution in [3.63, 3.8) is 0 Å². The third-order valence-electron chi connectivity index (χ3n) is 1.47. The lowest BCUT2D eigenvalue weighted by Crippen LogP contribution is -1.70. The largest absolute Gasteiger partial charge is 0.224 e. The molecule has 0 aliphatic rings. The van der Waals surface area contributed by atoms with Crippen molar-refractivity contribution in [2.75, 3.05) is 0 Å². The fourth-order valence-electron chi connectivity index (χ4n) is 0.963. The second-order valence-corrected chi connectivity index (χ2v) is 3.66. The molecule has 0 bridgehead atoms. The van der Waals surface area contributed by atoms with Crippen molar-refractivity contribution >= 4 is 33.2 Å². The molecule has 0 saturated heterocycles. The Morgan fingerprint density at radius 2 is 2.33 bits per heavy atom. The van der Waals surface area contributed by atoms with Crippen molar-refractivity contribution in [3.8, 4) is 6.07 Å². The van der Waals surface area contributed by atoms with E-state index in [1.165, 1.54) is 11.3 Å². The highest BCUT2D eigenvalue weighted by Gasteiger charge is 2.04. The summed E-state index contributed by atoms with van der Waals surface area (Å²) in [6, 6.07) is 7.51. The second-order valence-electron chi connectivity index (χ2n) is 2.22. The molecule has 0 amide bonds. The van der Waals surface area contributed by atoms with Gasteiger partial charge in [-0.15, -0.1) is 11.3 Å². The average molecular weight is 195 g/mol. The van der Waals surface area contributed by atoms with Gasteiger partial charge in [-0.05, 0) is 12.1 Å². The molecule has 0 N–H and O–H groups in total. The third-order valence-corrected chi connectivity index (χ3v) is 2.70. The summed E-state index contributed by atoms with van der Waals surface area (Å²) in [6.45, 7) is 0. The van der Waals surface area contributed by atoms with Crippen LogP contribution in [-0.4, -0.2) is 4.98 Å². The summed E-state index contributed by atoms with van der Waals surface area (Å²) in [5, 5.41) is 9.64. The molecule has 1 aromatic carbocycles. The van der Waals surface area contributed by atoms with E-state index in [4.69, 9.17) is 16.9 Å². The zero-order valence-electron chi connectivity index (χ0n) is 5.91. The van der Waals surface area contributed by atoms with Crippen molar-refractivity contribution in [3.05, 3.63) is 28.2 Å². The number of para-hydroxylation sites is 1. The molecule has 0 aliphatic carbocycles. The van der Waals surface area contributed by atoms with E-state index in [-0.39, 0.29) is 0 Å². The maximum absolute atomic E-state index is 8.58. The smallest absolute Gasteiger partial charge is 0.195 e. The normalized spacial score (nSPS) is 10.0. The molecule has 2 aromatic rings. The molecule has 0 unspecified atom stereocenters. The van der Waals surface area contributed by atoms with Crippen LogP contribution in [0.4, 0.5) is 0 Å². The summed E-state index contributed by atoms with van der Waals surface area (Å²) < 4.78 is 0.957. The minimum absolute atomic E-state index is 0.457. The first-order chi connectivity index (χ1) is 5.81. The number of benzene rings is 1. The van der Waals surface area contributed by atoms with Crippen LogP contribution in [0.5, 0.6) is 0 Å². The topological polar surface area (TPSA) is 36.7 Å². The van der Waals surface area contributed by atoms with Crippen LogP contribution in [0, 0.1) is 11.3 Å². The van der Waals surface area contributed by atoms with Gasteiger partial charge in [0, 0.05) is 0 Å². The maximum Gasteiger partial charge on any atom is 0.195 e. The number of nitriles is 1. The predicted octanol–water partition coefficient (Wildman–Crippen LogP) is 2.82. The van der Waals surface area contributed by atoms with Gasteiger partial charge in [0.1, 0.15) is 11.6 Å². The molecule has 0 saturated carbocycles. The average Bonchev–Trinajstić information content (AvgIpc) is 2.49. The van der Waals surface area contributed by atoms with E-state index in [1.54, 1.807) is 6.07 Å². The molecule has 2 nitrogen and oxygen atoms in total. The summed E-state index contributed by atoms with van der Waals surface area (Å²) in [7, 11) is 0. The quantitative estimate of drug-likeness (QED) is 0.647. The number of hydrogen-bond acceptors (Lipinski definition) is 3. The van der Waals surface area contributed by atoms with E-state index in [9.17, 15) is 0 Å². The Kier molecular flexibility index (Phi) is 1.72. The summed E-state index contributed by atoms with van der Waals surface area (Å²) in [5.74, 6) is 0. The van der Waals surface area contributed by atoms with Crippen molar-refractivity contribution in [2.24, 2.45) is 0 Å². The molecule has 12 heavy (non-hydrogen) atoms. The lowest BCUT2D eigenvalue weighted by atomic mass is 10.3. The van der Waals surface area contributed by atoms with Gasteiger partial charge in [0.05, 0.1) is 9.72 Å². The lowest BCUT2D eigenvalue weighted by molar-refractivity contribution is 1.40. The van der Waals surface area contributed by atoms with Crippen molar-refractivity contribution < 1.29 is 0 Å². The van der Waals surface area contributed by atoms with Crippen LogP contribution in [0.3, 0.4) is 0 Å². The van der Waals surface area contributed by atoms with E-state index >= 15 is 0 Å². The van der Waals surface area contributed by atoms with Crippen LogP contribution >= 0.6 is 22.9 Å². The Morgan fingerprint density at radius 3 is 3.00 bits per heavy atom. The number of rotatable bonds is 0. The van der Waals surface area contributed by atoms with Crippen LogP contribution in [0.15, 0.2) is 18.2 Å². The highest BCUT2D eigenvalue weighted by molar-refractivity contribution is 7.19. The minimum atomic E-state index is 0.457. The van der Waals surface area contributed by atoms with Crippen LogP contribution < -0.4 is 0 Å². The van der Waals surface area contributed by atoms with E-state index in [1.807, 2.05) is 18.2 Å². The fourth-order valence-corrected chi connectivity index (χ4v) is 2.03. The standard InChI is InChI=1S/C8H3ClN2S/c9-5-2-1-3-6-8(5)11-7(4-10)12-6/h1-3H. The number of thiazole rings is 1. The SMILES string of the molecule is N#Cc1nc2c(Cl)cccc2s1. The monoisotopic (exact) mass is 194 g/mol. The summed E-state index contributed by atoms with van der Waals surface area (Å²) in [5.41, 5.74) is 0.723. The number of nitrogens with zero attached hydrogens (tertiary/aromatic N) is 2. The highest BCUT2D eigenvalue weighted by Crippen LogP contribution is 2.27. The van der Waals surface area contributed by atoms with E-state index in [0.717, 1.165) is 10.2 Å². The Morgan fingerprint density at radius 1 is 1.50 bits per heavy atom. The molecule has 0 fully saturated rings. The van der Waals surface area contributed by atoms with Gasteiger partial charge in [-0.2, -0.15) is 5.26 Å². The van der Waals surface area contributed by atoms with Crippen LogP contribution in [0.25, 0.3) is 10.2 Å². The van der Waals surface area contributed by atoms with Gasteiger partial charge in [-0.3, -0.25) is 0 Å². The van der Waals surface area contributed by atoms with Gasteiger partial charge in [0.2, 0.25) is 0 Å². The second kappa shape index (κ2) is 2.74. The van der Waals surface area contributed by atoms with Crippen molar-refractivity contribution in [1.82, 2.24) is 4.98 Å². The van der Waals surface area contributed by atoms with Gasteiger partial charge in [-0.1, -0.05) is 17.7 Å². The Bertz CT molecular complexity index is 469. The van der Waals surface area contributed by atoms with E-state index in [2.05, 4.69) is 4.98 Å². The molecule has 4 heteroatoms. The number of halogens is 1. The van der Waals surface area contributed by atoms with Gasteiger partial charge in [0.25, 0.3) is 0 Å². The maximum atomic E-state index is 8.58. The zero-order valence-corrected chi connectivity index (χ0v) is 7.49. The molecular weight excluding hydrogens is 192 g/mol. The van der Waals surface area contributed by atoms with Gasteiger partial charge in [0.15, 0.2) is 5.01 Å². The number of fused-ring (bicyclic) bond motifs is 1. The highest BCUT2D eigenvalue weighted by atomic mass is 35.5. The molecule has 0 aliphatic heterocycles. The van der Waals surface area contributed by atoms with E-state index < -0.39 is 0 Å². The first-order valence-electron chi connectivity index (χ1n) is 3.26. The van der Waals surface area contributed by atoms with E-state index in [0.29, 0.717) is 10.0 Å². The molecule has 0 radical (unpaired) electrons. The minimum Gasteiger partial charge on any atom is -0.224 e. The van der Waals surface area contributed by atoms with Crippen LogP contribution in [0.1, 0.15) is 5.01 Å². The number of hydrogen-bond donors (Lipinski definition) is 0. The van der Waals surface area contributed by atoms with Gasteiger partial charge < -0.3 is 0 Å². The fraction of sp³-hybridized carbons (Fsp3) is 0. The van der Waals surface area contributed by atoms with Crippen molar-refractivity contribution in [1.29, 1.82) is 5.26 Å².